The summed E-state index contributed by atoms with van der Waals surface area (Å²) >= 11 is 0. The van der Waals surface area contributed by atoms with E-state index in [4.69, 9.17) is 15.2 Å². The summed E-state index contributed by atoms with van der Waals surface area (Å²) in [5, 5.41) is 0. The van der Waals surface area contributed by atoms with Crippen LogP contribution in [-0.2, 0) is 0 Å². The molecule has 3 heteroatoms. The highest BCUT2D eigenvalue weighted by atomic mass is 16.5. The highest BCUT2D eigenvalue weighted by Crippen LogP contribution is 2.53. The van der Waals surface area contributed by atoms with E-state index in [1.807, 2.05) is 18.2 Å². The van der Waals surface area contributed by atoms with E-state index in [1.165, 1.54) is 0 Å². The van der Waals surface area contributed by atoms with Gasteiger partial charge in [0.2, 0.25) is 0 Å². The highest BCUT2D eigenvalue weighted by Gasteiger charge is 2.50. The standard InChI is InChI=1S/C16H23NO2/c1-10(2)11-7-16(8-11)9-14(17)13-5-4-12(18-3)6-15(13)19-16/h4-6,10-11,14H,7-9,17H2,1-3H3/t11?,14-,16?/m1/s1. The largest absolute Gasteiger partial charge is 0.497 e. The molecule has 0 aromatic heterocycles. The van der Waals surface area contributed by atoms with Gasteiger partial charge in [-0.3, -0.25) is 0 Å². The van der Waals surface area contributed by atoms with Crippen LogP contribution in [0.4, 0.5) is 0 Å². The van der Waals surface area contributed by atoms with Crippen LogP contribution in [-0.4, -0.2) is 12.7 Å². The lowest BCUT2D eigenvalue weighted by Gasteiger charge is -2.52. The van der Waals surface area contributed by atoms with Gasteiger partial charge in [0, 0.05) is 24.1 Å². The average Bonchev–Trinajstić information content (AvgIpc) is 2.34. The van der Waals surface area contributed by atoms with Gasteiger partial charge in [0.15, 0.2) is 0 Å². The Balaban J connectivity index is 1.84. The second-order valence-corrected chi connectivity index (χ2v) is 6.41. The number of methoxy groups -OCH3 is 1. The SMILES string of the molecule is COc1ccc2c(c1)OC1(CC(C(C)C)C1)C[C@H]2N. The average molecular weight is 261 g/mol. The van der Waals surface area contributed by atoms with E-state index in [9.17, 15) is 0 Å². The van der Waals surface area contributed by atoms with Gasteiger partial charge in [0.05, 0.1) is 7.11 Å². The Bertz CT molecular complexity index is 478. The Morgan fingerprint density at radius 3 is 2.68 bits per heavy atom. The third-order valence-electron chi connectivity index (χ3n) is 4.75. The first-order valence-electron chi connectivity index (χ1n) is 7.15. The van der Waals surface area contributed by atoms with Gasteiger partial charge in [-0.25, -0.2) is 0 Å². The number of fused-ring (bicyclic) bond motifs is 1. The van der Waals surface area contributed by atoms with Crippen molar-refractivity contribution in [3.63, 3.8) is 0 Å². The van der Waals surface area contributed by atoms with Gasteiger partial charge in [-0.15, -0.1) is 0 Å². The molecule has 0 radical (unpaired) electrons. The van der Waals surface area contributed by atoms with Crippen molar-refractivity contribution in [1.82, 2.24) is 0 Å². The number of hydrogen-bond donors (Lipinski definition) is 1. The zero-order chi connectivity index (χ0) is 13.6. The molecule has 1 heterocycles. The summed E-state index contributed by atoms with van der Waals surface area (Å²) in [4.78, 5) is 0. The minimum absolute atomic E-state index is 0.0201. The minimum Gasteiger partial charge on any atom is -0.497 e. The van der Waals surface area contributed by atoms with Gasteiger partial charge >= 0.3 is 0 Å². The molecular weight excluding hydrogens is 238 g/mol. The topological polar surface area (TPSA) is 44.5 Å². The normalized spacial score (nSPS) is 32.7. The Labute approximate surface area is 115 Å². The molecule has 0 saturated heterocycles. The molecule has 2 N–H and O–H groups in total. The summed E-state index contributed by atoms with van der Waals surface area (Å²) in [5.74, 6) is 3.26. The molecule has 1 saturated carbocycles. The zero-order valence-corrected chi connectivity index (χ0v) is 12.0. The van der Waals surface area contributed by atoms with E-state index < -0.39 is 0 Å². The number of hydrogen-bond acceptors (Lipinski definition) is 3. The molecule has 3 rings (SSSR count). The van der Waals surface area contributed by atoms with Crippen LogP contribution in [0.3, 0.4) is 0 Å². The lowest BCUT2D eigenvalue weighted by Crippen LogP contribution is -2.53. The molecule has 1 aliphatic carbocycles. The predicted molar refractivity (Wildman–Crippen MR) is 75.5 cm³/mol. The van der Waals surface area contributed by atoms with Crippen molar-refractivity contribution in [1.29, 1.82) is 0 Å². The molecule has 104 valence electrons. The van der Waals surface area contributed by atoms with Crippen molar-refractivity contribution in [2.45, 2.75) is 44.8 Å². The van der Waals surface area contributed by atoms with Crippen LogP contribution >= 0.6 is 0 Å². The molecule has 19 heavy (non-hydrogen) atoms. The van der Waals surface area contributed by atoms with Crippen molar-refractivity contribution in [3.05, 3.63) is 23.8 Å². The molecular formula is C16H23NO2. The van der Waals surface area contributed by atoms with Crippen LogP contribution in [0.15, 0.2) is 18.2 Å². The van der Waals surface area contributed by atoms with Gasteiger partial charge < -0.3 is 15.2 Å². The van der Waals surface area contributed by atoms with Crippen LogP contribution in [0.25, 0.3) is 0 Å². The van der Waals surface area contributed by atoms with Crippen molar-refractivity contribution >= 4 is 0 Å². The van der Waals surface area contributed by atoms with Crippen LogP contribution in [0.2, 0.25) is 0 Å². The molecule has 1 spiro atoms. The third-order valence-corrected chi connectivity index (χ3v) is 4.75. The summed E-state index contributed by atoms with van der Waals surface area (Å²) in [5.41, 5.74) is 7.41. The maximum absolute atomic E-state index is 6.32. The van der Waals surface area contributed by atoms with Gasteiger partial charge in [-0.05, 0) is 30.7 Å². The Morgan fingerprint density at radius 2 is 2.05 bits per heavy atom. The summed E-state index contributed by atoms with van der Waals surface area (Å²) in [6.45, 7) is 4.58. The molecule has 1 atom stereocenters. The fourth-order valence-electron chi connectivity index (χ4n) is 3.44. The maximum Gasteiger partial charge on any atom is 0.128 e. The number of benzene rings is 1. The summed E-state index contributed by atoms with van der Waals surface area (Å²) in [7, 11) is 1.68. The molecule has 3 nitrogen and oxygen atoms in total. The fourth-order valence-corrected chi connectivity index (χ4v) is 3.44. The second-order valence-electron chi connectivity index (χ2n) is 6.41. The third kappa shape index (κ3) is 2.10. The van der Waals surface area contributed by atoms with Crippen LogP contribution in [0, 0.1) is 11.8 Å². The number of nitrogens with two attached hydrogens (primary N) is 1. The molecule has 0 bridgehead atoms. The Kier molecular flexibility index (Phi) is 2.97. The second kappa shape index (κ2) is 4.41. The van der Waals surface area contributed by atoms with Crippen molar-refractivity contribution in [2.75, 3.05) is 7.11 Å². The smallest absolute Gasteiger partial charge is 0.128 e. The lowest BCUT2D eigenvalue weighted by atomic mass is 9.62. The summed E-state index contributed by atoms with van der Waals surface area (Å²) in [6.07, 6.45) is 3.21. The van der Waals surface area contributed by atoms with Gasteiger partial charge in [-0.2, -0.15) is 0 Å². The number of rotatable bonds is 2. The molecule has 0 amide bonds. The molecule has 1 aromatic carbocycles. The zero-order valence-electron chi connectivity index (χ0n) is 12.0. The van der Waals surface area contributed by atoms with Gasteiger partial charge in [0.1, 0.15) is 17.1 Å². The minimum atomic E-state index is -0.0201. The van der Waals surface area contributed by atoms with Crippen molar-refractivity contribution in [3.8, 4) is 11.5 Å². The van der Waals surface area contributed by atoms with Gasteiger partial charge in [0.25, 0.3) is 0 Å². The lowest BCUT2D eigenvalue weighted by molar-refractivity contribution is -0.0846. The van der Waals surface area contributed by atoms with Gasteiger partial charge in [-0.1, -0.05) is 19.9 Å². The molecule has 1 fully saturated rings. The van der Waals surface area contributed by atoms with Crippen molar-refractivity contribution < 1.29 is 9.47 Å². The molecule has 0 unspecified atom stereocenters. The summed E-state index contributed by atoms with van der Waals surface area (Å²) in [6, 6.07) is 6.05. The van der Waals surface area contributed by atoms with E-state index >= 15 is 0 Å². The van der Waals surface area contributed by atoms with Crippen LogP contribution in [0.5, 0.6) is 11.5 Å². The maximum atomic E-state index is 6.32. The van der Waals surface area contributed by atoms with E-state index in [0.29, 0.717) is 0 Å². The first-order chi connectivity index (χ1) is 9.03. The fraction of sp³-hybridized carbons (Fsp3) is 0.625. The Hall–Kier alpha value is -1.22. The van der Waals surface area contributed by atoms with Crippen LogP contribution < -0.4 is 15.2 Å². The quantitative estimate of drug-likeness (QED) is 0.888. The molecule has 1 aliphatic heterocycles. The highest BCUT2D eigenvalue weighted by molar-refractivity contribution is 5.44. The van der Waals surface area contributed by atoms with E-state index in [-0.39, 0.29) is 11.6 Å². The Morgan fingerprint density at radius 1 is 1.32 bits per heavy atom. The first-order valence-corrected chi connectivity index (χ1v) is 7.15. The van der Waals surface area contributed by atoms with E-state index in [0.717, 1.165) is 48.2 Å². The molecule has 1 aromatic rings. The van der Waals surface area contributed by atoms with E-state index in [2.05, 4.69) is 13.8 Å². The number of ether oxygens (including phenoxy) is 2. The first kappa shape index (κ1) is 12.8. The summed E-state index contributed by atoms with van der Waals surface area (Å²) < 4.78 is 11.6. The monoisotopic (exact) mass is 261 g/mol. The molecule has 2 aliphatic rings. The van der Waals surface area contributed by atoms with Crippen LogP contribution in [0.1, 0.15) is 44.7 Å². The van der Waals surface area contributed by atoms with E-state index in [1.54, 1.807) is 7.11 Å². The predicted octanol–water partition coefficient (Wildman–Crippen LogP) is 3.28. The van der Waals surface area contributed by atoms with Crippen molar-refractivity contribution in [2.24, 2.45) is 17.6 Å².